The number of phenols is 2. The maximum atomic E-state index is 13.4. The van der Waals surface area contributed by atoms with Crippen LogP contribution in [0.3, 0.4) is 0 Å². The third-order valence-corrected chi connectivity index (χ3v) is 9.65. The molecule has 3 atom stereocenters. The third-order valence-electron chi connectivity index (χ3n) is 9.65. The minimum absolute atomic E-state index is 0.0282. The van der Waals surface area contributed by atoms with Crippen LogP contribution >= 0.6 is 0 Å². The van der Waals surface area contributed by atoms with Crippen LogP contribution in [0.2, 0.25) is 0 Å². The number of aryl methyl sites for hydroxylation is 2. The van der Waals surface area contributed by atoms with Crippen molar-refractivity contribution in [2.24, 2.45) is 11.8 Å². The number of benzene rings is 4. The normalized spacial score (nSPS) is 19.3. The average Bonchev–Trinajstić information content (AvgIpc) is 3.11. The van der Waals surface area contributed by atoms with Gasteiger partial charge in [0, 0.05) is 24.8 Å². The van der Waals surface area contributed by atoms with E-state index in [1.807, 2.05) is 60.7 Å². The molecule has 1 aliphatic carbocycles. The second kappa shape index (κ2) is 16.4. The van der Waals surface area contributed by atoms with E-state index in [9.17, 15) is 20.1 Å². The van der Waals surface area contributed by atoms with E-state index in [1.165, 1.54) is 0 Å². The summed E-state index contributed by atoms with van der Waals surface area (Å²) in [6, 6.07) is 22.7. The van der Waals surface area contributed by atoms with E-state index in [-0.39, 0.29) is 47.7 Å². The van der Waals surface area contributed by atoms with Gasteiger partial charge in [0.05, 0.1) is 7.11 Å². The number of carbonyl (C=O) groups is 1. The summed E-state index contributed by atoms with van der Waals surface area (Å²) >= 11 is 0. The fourth-order valence-electron chi connectivity index (χ4n) is 6.96. The molecule has 258 valence electrons. The van der Waals surface area contributed by atoms with Crippen molar-refractivity contribution in [1.82, 2.24) is 0 Å². The quantitative estimate of drug-likeness (QED) is 0.127. The van der Waals surface area contributed by atoms with Gasteiger partial charge in [0.2, 0.25) is 0 Å². The van der Waals surface area contributed by atoms with Gasteiger partial charge in [-0.1, -0.05) is 54.8 Å². The van der Waals surface area contributed by atoms with Crippen LogP contribution in [0.15, 0.2) is 96.8 Å². The van der Waals surface area contributed by atoms with Crippen LogP contribution < -0.4 is 9.47 Å². The molecule has 0 saturated carbocycles. The van der Waals surface area contributed by atoms with E-state index < -0.39 is 6.10 Å². The Hall–Kier alpha value is -5.35. The number of Topliss-reactive ketones (excluding diaryl/α,β-unsaturated/α-hetero) is 1. The monoisotopic (exact) mass is 672 g/mol. The summed E-state index contributed by atoms with van der Waals surface area (Å²) < 4.78 is 17.9. The fraction of sp³-hybridized carbons (Fsp3) is 0.326. The van der Waals surface area contributed by atoms with Crippen LogP contribution in [0.5, 0.6) is 23.0 Å². The Morgan fingerprint density at radius 1 is 0.920 bits per heavy atom. The van der Waals surface area contributed by atoms with Gasteiger partial charge >= 0.3 is 0 Å². The van der Waals surface area contributed by atoms with Crippen molar-refractivity contribution in [3.63, 3.8) is 0 Å². The highest BCUT2D eigenvalue weighted by molar-refractivity contribution is 5.88. The number of aromatic hydroxyl groups is 2. The molecule has 6 bridgehead atoms. The summed E-state index contributed by atoms with van der Waals surface area (Å²) in [6.07, 6.45) is 13.7. The molecule has 7 nitrogen and oxygen atoms in total. The van der Waals surface area contributed by atoms with Crippen molar-refractivity contribution < 1.29 is 34.3 Å². The Bertz CT molecular complexity index is 1950. The lowest BCUT2D eigenvalue weighted by Gasteiger charge is -2.28. The van der Waals surface area contributed by atoms with E-state index in [4.69, 9.17) is 14.2 Å². The molecule has 0 unspecified atom stereocenters. The minimum atomic E-state index is -0.481. The molecule has 0 saturated heterocycles. The SMILES string of the molecule is COc1ccc2cc1OCc1ccc3c(c(O)ccc3c1)CC#CO[C@@H](C[C@H]1C=C(O)C=C[C@H]1CCCCc1cccc(O)c1)CC(=O)CC2. The fourth-order valence-corrected chi connectivity index (χ4v) is 6.96. The highest BCUT2D eigenvalue weighted by Crippen LogP contribution is 2.34. The Kier molecular flexibility index (Phi) is 11.3. The molecule has 3 N–H and O–H groups in total. The number of aliphatic hydroxyl groups is 1. The lowest BCUT2D eigenvalue weighted by molar-refractivity contribution is -0.121. The van der Waals surface area contributed by atoms with Crippen LogP contribution in [0.1, 0.15) is 60.8 Å². The first-order chi connectivity index (χ1) is 24.3. The predicted molar refractivity (Wildman–Crippen MR) is 194 cm³/mol. The van der Waals surface area contributed by atoms with Crippen LogP contribution in [0.25, 0.3) is 10.8 Å². The zero-order valence-electron chi connectivity index (χ0n) is 28.4. The van der Waals surface area contributed by atoms with Crippen LogP contribution in [-0.4, -0.2) is 34.3 Å². The molecular weight excluding hydrogens is 628 g/mol. The summed E-state index contributed by atoms with van der Waals surface area (Å²) in [5.41, 5.74) is 3.76. The number of rotatable bonds is 8. The van der Waals surface area contributed by atoms with Crippen LogP contribution in [0.4, 0.5) is 0 Å². The predicted octanol–water partition coefficient (Wildman–Crippen LogP) is 8.68. The van der Waals surface area contributed by atoms with Crippen LogP contribution in [-0.2, 0) is 35.4 Å². The molecule has 0 aromatic heterocycles. The van der Waals surface area contributed by atoms with Crippen LogP contribution in [0, 0.1) is 23.9 Å². The first-order valence-electron chi connectivity index (χ1n) is 17.4. The van der Waals surface area contributed by atoms with Crippen molar-refractivity contribution in [2.45, 2.75) is 70.5 Å². The zero-order valence-corrected chi connectivity index (χ0v) is 28.4. The average molecular weight is 673 g/mol. The maximum Gasteiger partial charge on any atom is 0.161 e. The number of hydrogen-bond donors (Lipinski definition) is 3. The lowest BCUT2D eigenvalue weighted by Crippen LogP contribution is -2.24. The number of phenolic OH excluding ortho intramolecular Hbond substituents is 2. The lowest BCUT2D eigenvalue weighted by atomic mass is 9.80. The maximum absolute atomic E-state index is 13.4. The molecule has 0 fully saturated rings. The number of ether oxygens (including phenoxy) is 3. The van der Waals surface area contributed by atoms with Crippen molar-refractivity contribution >= 4 is 16.6 Å². The first-order valence-corrected chi connectivity index (χ1v) is 17.4. The number of ketones is 1. The molecule has 2 heterocycles. The summed E-state index contributed by atoms with van der Waals surface area (Å²) in [4.78, 5) is 13.4. The van der Waals surface area contributed by atoms with Gasteiger partial charge in [-0.05, 0) is 120 Å². The van der Waals surface area contributed by atoms with Gasteiger partial charge in [0.15, 0.2) is 11.5 Å². The molecule has 50 heavy (non-hydrogen) atoms. The number of carbonyl (C=O) groups excluding carboxylic acids is 1. The highest BCUT2D eigenvalue weighted by Gasteiger charge is 2.27. The number of hydrogen-bond acceptors (Lipinski definition) is 7. The highest BCUT2D eigenvalue weighted by atomic mass is 16.5. The summed E-state index contributed by atoms with van der Waals surface area (Å²) in [5.74, 6) is 5.19. The molecule has 0 spiro atoms. The van der Waals surface area contributed by atoms with E-state index >= 15 is 0 Å². The number of methoxy groups -OCH3 is 1. The van der Waals surface area contributed by atoms with Gasteiger partial charge in [-0.2, -0.15) is 0 Å². The van der Waals surface area contributed by atoms with Gasteiger partial charge in [-0.15, -0.1) is 0 Å². The van der Waals surface area contributed by atoms with E-state index in [0.717, 1.165) is 53.1 Å². The molecule has 3 aliphatic rings. The van der Waals surface area contributed by atoms with Crippen molar-refractivity contribution in [3.8, 4) is 35.0 Å². The Morgan fingerprint density at radius 2 is 1.80 bits per heavy atom. The molecule has 4 aromatic carbocycles. The standard InChI is InChI=1S/C43H44O7/c1-48-42-20-13-30-11-16-37(46)27-38(26-34-25-36(45)17-14-32(34)8-3-2-6-29-7-4-9-35(44)23-29)49-21-5-10-40-39-18-12-31(28-50-43(42)24-30)22-33(39)15-19-41(40)47/h4,7,9,12-15,17-20,22-25,32,34,38,44-45,47H,2-3,6,8,10-11,16,26-28H2,1H3/t32-,34-,38+/m1/s1. The van der Waals surface area contributed by atoms with E-state index in [2.05, 4.69) is 18.1 Å². The van der Waals surface area contributed by atoms with E-state index in [0.29, 0.717) is 42.9 Å². The van der Waals surface area contributed by atoms with Gasteiger partial charge < -0.3 is 29.5 Å². The molecule has 0 radical (unpaired) electrons. The molecule has 7 heteroatoms. The molecule has 4 aromatic rings. The minimum Gasteiger partial charge on any atom is -0.508 e. The number of aliphatic hydroxyl groups excluding tert-OH is 1. The molecule has 7 rings (SSSR count). The smallest absolute Gasteiger partial charge is 0.161 e. The topological polar surface area (TPSA) is 105 Å². The largest absolute Gasteiger partial charge is 0.508 e. The second-order valence-corrected chi connectivity index (χ2v) is 13.3. The zero-order chi connectivity index (χ0) is 34.9. The second-order valence-electron chi connectivity index (χ2n) is 13.3. The summed E-state index contributed by atoms with van der Waals surface area (Å²) in [5, 5.41) is 32.9. The molecular formula is C43H44O7. The number of fused-ring (bicyclic) bond motifs is 9. The first kappa shape index (κ1) is 34.5. The number of allylic oxidation sites excluding steroid dienone is 3. The van der Waals surface area contributed by atoms with Gasteiger partial charge in [0.25, 0.3) is 0 Å². The Labute approximate surface area is 293 Å². The van der Waals surface area contributed by atoms with Crippen molar-refractivity contribution in [2.75, 3.05) is 7.11 Å². The summed E-state index contributed by atoms with van der Waals surface area (Å²) in [6.45, 7) is 0.332. The Morgan fingerprint density at radius 3 is 2.66 bits per heavy atom. The third kappa shape index (κ3) is 9.00. The van der Waals surface area contributed by atoms with Gasteiger partial charge in [-0.25, -0.2) is 0 Å². The van der Waals surface area contributed by atoms with Crippen molar-refractivity contribution in [1.29, 1.82) is 0 Å². The Balaban J connectivity index is 1.21. The van der Waals surface area contributed by atoms with Gasteiger partial charge in [0.1, 0.15) is 41.9 Å². The van der Waals surface area contributed by atoms with E-state index in [1.54, 1.807) is 31.4 Å². The van der Waals surface area contributed by atoms with Gasteiger partial charge in [-0.3, -0.25) is 4.79 Å². The molecule has 0 amide bonds. The molecule has 2 aliphatic heterocycles. The summed E-state index contributed by atoms with van der Waals surface area (Å²) in [7, 11) is 1.61. The number of unbranched alkanes of at least 4 members (excludes halogenated alkanes) is 1. The van der Waals surface area contributed by atoms with Crippen molar-refractivity contribution in [3.05, 3.63) is 119 Å².